The third-order valence-electron chi connectivity index (χ3n) is 1.39. The van der Waals surface area contributed by atoms with Gasteiger partial charge in [0.15, 0.2) is 6.07 Å². The summed E-state index contributed by atoms with van der Waals surface area (Å²) in [6.07, 6.45) is 0. The lowest BCUT2D eigenvalue weighted by Crippen LogP contribution is -1.94. The molecule has 0 aliphatic heterocycles. The van der Waals surface area contributed by atoms with Gasteiger partial charge in [-0.05, 0) is 31.9 Å². The molecule has 0 fully saturated rings. The van der Waals surface area contributed by atoms with E-state index in [1.807, 2.05) is 0 Å². The SMILES string of the molecule is O=[N+]([O-])c1cc(Br)c(OCCl)c(Br)c1. The third kappa shape index (κ3) is 2.59. The van der Waals surface area contributed by atoms with Gasteiger partial charge in [-0.2, -0.15) is 0 Å². The van der Waals surface area contributed by atoms with Gasteiger partial charge in [0, 0.05) is 12.1 Å². The summed E-state index contributed by atoms with van der Waals surface area (Å²) < 4.78 is 6.02. The molecule has 0 saturated heterocycles. The zero-order chi connectivity index (χ0) is 10.7. The van der Waals surface area contributed by atoms with Crippen LogP contribution in [0.4, 0.5) is 5.69 Å². The van der Waals surface area contributed by atoms with E-state index >= 15 is 0 Å². The molecular weight excluding hydrogens is 341 g/mol. The van der Waals surface area contributed by atoms with E-state index in [1.165, 1.54) is 12.1 Å². The highest BCUT2D eigenvalue weighted by Crippen LogP contribution is 2.37. The van der Waals surface area contributed by atoms with E-state index in [2.05, 4.69) is 31.9 Å². The van der Waals surface area contributed by atoms with Crippen LogP contribution in [0.25, 0.3) is 0 Å². The number of halogens is 3. The number of nitro benzene ring substituents is 1. The van der Waals surface area contributed by atoms with Crippen LogP contribution in [0.3, 0.4) is 0 Å². The molecular formula is C7H4Br2ClNO3. The van der Waals surface area contributed by atoms with E-state index in [9.17, 15) is 10.1 Å². The second kappa shape index (κ2) is 4.95. The lowest BCUT2D eigenvalue weighted by molar-refractivity contribution is -0.385. The Kier molecular flexibility index (Phi) is 4.15. The molecule has 0 heterocycles. The molecule has 1 aromatic rings. The second-order valence-electron chi connectivity index (χ2n) is 2.25. The molecule has 1 rings (SSSR count). The van der Waals surface area contributed by atoms with Crippen LogP contribution in [-0.4, -0.2) is 11.0 Å². The van der Waals surface area contributed by atoms with Gasteiger partial charge in [0.05, 0.1) is 13.9 Å². The van der Waals surface area contributed by atoms with E-state index < -0.39 is 4.92 Å². The minimum absolute atomic E-state index is 0.0188. The Morgan fingerprint density at radius 1 is 1.43 bits per heavy atom. The fourth-order valence-corrected chi connectivity index (χ4v) is 2.34. The summed E-state index contributed by atoms with van der Waals surface area (Å²) in [5.74, 6) is 0.450. The number of alkyl halides is 1. The predicted molar refractivity (Wildman–Crippen MR) is 59.8 cm³/mol. The maximum Gasteiger partial charge on any atom is 0.271 e. The molecule has 0 amide bonds. The first-order valence-electron chi connectivity index (χ1n) is 3.38. The lowest BCUT2D eigenvalue weighted by Gasteiger charge is -2.06. The smallest absolute Gasteiger partial charge is 0.271 e. The molecule has 1 aromatic carbocycles. The van der Waals surface area contributed by atoms with E-state index in [0.29, 0.717) is 14.7 Å². The van der Waals surface area contributed by atoms with E-state index in [0.717, 1.165) is 0 Å². The molecule has 0 aromatic heterocycles. The molecule has 0 bridgehead atoms. The van der Waals surface area contributed by atoms with Crippen LogP contribution in [-0.2, 0) is 0 Å². The molecule has 0 spiro atoms. The van der Waals surface area contributed by atoms with Crippen LogP contribution in [0, 0.1) is 10.1 Å². The number of benzene rings is 1. The van der Waals surface area contributed by atoms with E-state index in [1.54, 1.807) is 0 Å². The Morgan fingerprint density at radius 3 is 2.29 bits per heavy atom. The van der Waals surface area contributed by atoms with Gasteiger partial charge in [0.1, 0.15) is 5.75 Å². The second-order valence-corrected chi connectivity index (χ2v) is 4.18. The zero-order valence-electron chi connectivity index (χ0n) is 6.67. The largest absolute Gasteiger partial charge is 0.476 e. The lowest BCUT2D eigenvalue weighted by atomic mass is 10.3. The van der Waals surface area contributed by atoms with Crippen molar-refractivity contribution in [2.75, 3.05) is 6.07 Å². The first kappa shape index (κ1) is 11.7. The Labute approximate surface area is 102 Å². The minimum atomic E-state index is -0.486. The number of non-ortho nitro benzene ring substituents is 1. The van der Waals surface area contributed by atoms with Gasteiger partial charge in [-0.25, -0.2) is 0 Å². The number of rotatable bonds is 3. The molecule has 4 nitrogen and oxygen atoms in total. The van der Waals surface area contributed by atoms with Gasteiger partial charge in [0.2, 0.25) is 0 Å². The predicted octanol–water partition coefficient (Wildman–Crippen LogP) is 3.69. The Bertz CT molecular complexity index is 349. The van der Waals surface area contributed by atoms with Crippen LogP contribution in [0.1, 0.15) is 0 Å². The Balaban J connectivity index is 3.18. The number of hydrogen-bond acceptors (Lipinski definition) is 3. The molecule has 76 valence electrons. The quantitative estimate of drug-likeness (QED) is 0.477. The summed E-state index contributed by atoms with van der Waals surface area (Å²) in [7, 11) is 0. The standard InChI is InChI=1S/C7H4Br2ClNO3/c8-5-1-4(11(12)13)2-6(9)7(5)14-3-10/h1-2H,3H2. The summed E-state index contributed by atoms with van der Waals surface area (Å²) in [4.78, 5) is 9.99. The molecule has 0 saturated carbocycles. The van der Waals surface area contributed by atoms with Crippen molar-refractivity contribution in [3.05, 3.63) is 31.2 Å². The average molecular weight is 345 g/mol. The van der Waals surface area contributed by atoms with Crippen LogP contribution < -0.4 is 4.74 Å². The van der Waals surface area contributed by atoms with Gasteiger partial charge < -0.3 is 4.74 Å². The molecule has 0 N–H and O–H groups in total. The van der Waals surface area contributed by atoms with Crippen LogP contribution in [0.2, 0.25) is 0 Å². The van der Waals surface area contributed by atoms with Crippen molar-refractivity contribution in [3.63, 3.8) is 0 Å². The summed E-state index contributed by atoms with van der Waals surface area (Å²) in [6, 6.07) is 2.69. The molecule has 0 unspecified atom stereocenters. The molecule has 7 heteroatoms. The Hall–Kier alpha value is -0.330. The average Bonchev–Trinajstić information content (AvgIpc) is 2.10. The summed E-state index contributed by atoms with van der Waals surface area (Å²) in [6.45, 7) is 0. The molecule has 0 aliphatic carbocycles. The topological polar surface area (TPSA) is 52.4 Å². The maximum atomic E-state index is 10.5. The molecule has 0 aliphatic rings. The normalized spacial score (nSPS) is 9.93. The van der Waals surface area contributed by atoms with Gasteiger partial charge in [-0.15, -0.1) is 0 Å². The fourth-order valence-electron chi connectivity index (χ4n) is 0.844. The first-order valence-corrected chi connectivity index (χ1v) is 5.50. The van der Waals surface area contributed by atoms with Crippen LogP contribution in [0.5, 0.6) is 5.75 Å². The minimum Gasteiger partial charge on any atom is -0.476 e. The highest BCUT2D eigenvalue weighted by Gasteiger charge is 2.14. The van der Waals surface area contributed by atoms with Gasteiger partial charge >= 0.3 is 0 Å². The van der Waals surface area contributed by atoms with Gasteiger partial charge in [-0.3, -0.25) is 10.1 Å². The van der Waals surface area contributed by atoms with Crippen LogP contribution >= 0.6 is 43.5 Å². The van der Waals surface area contributed by atoms with Crippen LogP contribution in [0.15, 0.2) is 21.1 Å². The Morgan fingerprint density at radius 2 is 1.93 bits per heavy atom. The van der Waals surface area contributed by atoms with Crippen molar-refractivity contribution in [1.82, 2.24) is 0 Å². The van der Waals surface area contributed by atoms with Crippen molar-refractivity contribution < 1.29 is 9.66 Å². The van der Waals surface area contributed by atoms with Crippen molar-refractivity contribution >= 4 is 49.1 Å². The summed E-state index contributed by atoms with van der Waals surface area (Å²) in [5, 5.41) is 10.5. The van der Waals surface area contributed by atoms with Crippen molar-refractivity contribution in [3.8, 4) is 5.75 Å². The highest BCUT2D eigenvalue weighted by molar-refractivity contribution is 9.11. The zero-order valence-corrected chi connectivity index (χ0v) is 10.6. The number of nitrogens with zero attached hydrogens (tertiary/aromatic N) is 1. The third-order valence-corrected chi connectivity index (χ3v) is 2.68. The summed E-state index contributed by atoms with van der Waals surface area (Å²) in [5.41, 5.74) is -0.0225. The number of nitro groups is 1. The van der Waals surface area contributed by atoms with Crippen molar-refractivity contribution in [2.24, 2.45) is 0 Å². The molecule has 14 heavy (non-hydrogen) atoms. The highest BCUT2D eigenvalue weighted by atomic mass is 79.9. The summed E-state index contributed by atoms with van der Waals surface area (Å²) >= 11 is 11.7. The van der Waals surface area contributed by atoms with Crippen molar-refractivity contribution in [1.29, 1.82) is 0 Å². The first-order chi connectivity index (χ1) is 6.56. The molecule has 0 atom stereocenters. The monoisotopic (exact) mass is 343 g/mol. The van der Waals surface area contributed by atoms with E-state index in [-0.39, 0.29) is 11.8 Å². The van der Waals surface area contributed by atoms with Gasteiger partial charge in [0.25, 0.3) is 5.69 Å². The van der Waals surface area contributed by atoms with E-state index in [4.69, 9.17) is 16.3 Å². The molecule has 0 radical (unpaired) electrons. The van der Waals surface area contributed by atoms with Crippen molar-refractivity contribution in [2.45, 2.75) is 0 Å². The number of ether oxygens (including phenoxy) is 1. The maximum absolute atomic E-state index is 10.5. The van der Waals surface area contributed by atoms with Gasteiger partial charge in [-0.1, -0.05) is 11.6 Å². The fraction of sp³-hybridized carbons (Fsp3) is 0.143. The number of hydrogen-bond donors (Lipinski definition) is 0.